The fourth-order valence-corrected chi connectivity index (χ4v) is 2.54. The molecule has 1 aliphatic heterocycles. The van der Waals surface area contributed by atoms with Gasteiger partial charge in [0, 0.05) is 44.8 Å². The summed E-state index contributed by atoms with van der Waals surface area (Å²) in [5.74, 6) is -0.211. The van der Waals surface area contributed by atoms with E-state index in [9.17, 15) is 4.79 Å². The van der Waals surface area contributed by atoms with Crippen LogP contribution in [0.15, 0.2) is 18.2 Å². The summed E-state index contributed by atoms with van der Waals surface area (Å²) in [6, 6.07) is 6.60. The third kappa shape index (κ3) is 3.70. The number of amides is 1. The second-order valence-corrected chi connectivity index (χ2v) is 5.33. The lowest BCUT2D eigenvalue weighted by molar-refractivity contribution is -0.118. The molecule has 1 heterocycles. The van der Waals surface area contributed by atoms with Crippen molar-refractivity contribution in [3.63, 3.8) is 0 Å². The first-order chi connectivity index (χ1) is 9.06. The Morgan fingerprint density at radius 2 is 1.89 bits per heavy atom. The molecule has 0 bridgehead atoms. The lowest BCUT2D eigenvalue weighted by Gasteiger charge is -2.36. The average molecular weight is 261 g/mol. The molecule has 1 aliphatic rings. The van der Waals surface area contributed by atoms with E-state index in [0.717, 1.165) is 32.7 Å². The quantitative estimate of drug-likeness (QED) is 0.889. The smallest absolute Gasteiger partial charge is 0.218 e. The van der Waals surface area contributed by atoms with Gasteiger partial charge in [0.2, 0.25) is 5.91 Å². The number of nitrogens with zero attached hydrogens (tertiary/aromatic N) is 2. The van der Waals surface area contributed by atoms with Gasteiger partial charge in [-0.25, -0.2) is 0 Å². The predicted molar refractivity (Wildman–Crippen MR) is 78.4 cm³/mol. The van der Waals surface area contributed by atoms with Gasteiger partial charge < -0.3 is 10.6 Å². The minimum absolute atomic E-state index is 0.211. The number of hydrogen-bond donors (Lipinski definition) is 1. The number of primary amides is 1. The summed E-state index contributed by atoms with van der Waals surface area (Å²) in [6.07, 6.45) is 0.462. The monoisotopic (exact) mass is 261 g/mol. The Morgan fingerprint density at radius 1 is 1.21 bits per heavy atom. The molecular weight excluding hydrogens is 238 g/mol. The normalized spacial score (nSPS) is 16.6. The summed E-state index contributed by atoms with van der Waals surface area (Å²) in [4.78, 5) is 15.5. The highest BCUT2D eigenvalue weighted by atomic mass is 16.1. The van der Waals surface area contributed by atoms with Gasteiger partial charge in [-0.2, -0.15) is 0 Å². The first kappa shape index (κ1) is 13.9. The van der Waals surface area contributed by atoms with Gasteiger partial charge >= 0.3 is 0 Å². The first-order valence-electron chi connectivity index (χ1n) is 6.89. The molecule has 0 spiro atoms. The summed E-state index contributed by atoms with van der Waals surface area (Å²) in [5, 5.41) is 0. The van der Waals surface area contributed by atoms with E-state index >= 15 is 0 Å². The molecule has 1 saturated heterocycles. The second kappa shape index (κ2) is 6.06. The van der Waals surface area contributed by atoms with Crippen molar-refractivity contribution < 1.29 is 4.79 Å². The fraction of sp³-hybridized carbons (Fsp3) is 0.533. The molecule has 104 valence electrons. The molecule has 0 unspecified atom stereocenters. The molecule has 1 aromatic rings. The number of carbonyl (C=O) groups excluding carboxylic acids is 1. The highest BCUT2D eigenvalue weighted by molar-refractivity contribution is 5.73. The number of carbonyl (C=O) groups is 1. The number of nitrogens with two attached hydrogens (primary N) is 1. The number of rotatable bonds is 4. The minimum atomic E-state index is -0.211. The second-order valence-electron chi connectivity index (χ2n) is 5.33. The highest BCUT2D eigenvalue weighted by Crippen LogP contribution is 2.22. The lowest BCUT2D eigenvalue weighted by atomic mass is 10.1. The van der Waals surface area contributed by atoms with Crippen LogP contribution in [0.2, 0.25) is 0 Å². The third-order valence-corrected chi connectivity index (χ3v) is 3.75. The molecule has 4 heteroatoms. The van der Waals surface area contributed by atoms with Gasteiger partial charge in [0.1, 0.15) is 0 Å². The molecule has 0 saturated carbocycles. The Kier molecular flexibility index (Phi) is 4.43. The predicted octanol–water partition coefficient (Wildman–Crippen LogP) is 1.30. The van der Waals surface area contributed by atoms with Crippen LogP contribution in [0.3, 0.4) is 0 Å². The number of anilines is 1. The van der Waals surface area contributed by atoms with Gasteiger partial charge in [0.15, 0.2) is 0 Å². The van der Waals surface area contributed by atoms with E-state index in [0.29, 0.717) is 6.42 Å². The molecule has 0 atom stereocenters. The maximum atomic E-state index is 10.8. The fourth-order valence-electron chi connectivity index (χ4n) is 2.54. The molecule has 1 fully saturated rings. The zero-order chi connectivity index (χ0) is 13.8. The zero-order valence-electron chi connectivity index (χ0n) is 11.9. The van der Waals surface area contributed by atoms with Crippen molar-refractivity contribution in [2.45, 2.75) is 20.3 Å². The van der Waals surface area contributed by atoms with E-state index in [1.165, 1.54) is 16.8 Å². The molecule has 0 radical (unpaired) electrons. The molecule has 2 N–H and O–H groups in total. The molecule has 0 aliphatic carbocycles. The summed E-state index contributed by atoms with van der Waals surface area (Å²) >= 11 is 0. The van der Waals surface area contributed by atoms with Crippen molar-refractivity contribution >= 4 is 11.6 Å². The van der Waals surface area contributed by atoms with Crippen molar-refractivity contribution in [2.75, 3.05) is 37.6 Å². The van der Waals surface area contributed by atoms with Gasteiger partial charge in [-0.15, -0.1) is 0 Å². The molecule has 4 nitrogen and oxygen atoms in total. The van der Waals surface area contributed by atoms with Crippen molar-refractivity contribution in [1.82, 2.24) is 4.90 Å². The molecule has 1 aromatic carbocycles. The average Bonchev–Trinajstić information content (AvgIpc) is 2.40. The summed E-state index contributed by atoms with van der Waals surface area (Å²) in [6.45, 7) is 9.11. The van der Waals surface area contributed by atoms with Crippen LogP contribution in [-0.4, -0.2) is 43.5 Å². The van der Waals surface area contributed by atoms with E-state index in [1.807, 2.05) is 0 Å². The Hall–Kier alpha value is -1.55. The maximum absolute atomic E-state index is 10.8. The standard InChI is InChI=1S/C15H23N3O/c1-12-3-4-13(2)14(11-12)18-9-7-17(8-10-18)6-5-15(16)19/h3-4,11H,5-10H2,1-2H3,(H2,16,19). The molecule has 0 aromatic heterocycles. The summed E-state index contributed by atoms with van der Waals surface area (Å²) in [5.41, 5.74) is 9.16. The largest absolute Gasteiger partial charge is 0.370 e. The Labute approximate surface area is 115 Å². The Bertz CT molecular complexity index is 451. The topological polar surface area (TPSA) is 49.6 Å². The van der Waals surface area contributed by atoms with Gasteiger partial charge in [-0.05, 0) is 31.0 Å². The summed E-state index contributed by atoms with van der Waals surface area (Å²) < 4.78 is 0. The van der Waals surface area contributed by atoms with Crippen molar-refractivity contribution in [1.29, 1.82) is 0 Å². The van der Waals surface area contributed by atoms with Crippen LogP contribution in [0.25, 0.3) is 0 Å². The zero-order valence-corrected chi connectivity index (χ0v) is 11.9. The van der Waals surface area contributed by atoms with Crippen LogP contribution in [0.1, 0.15) is 17.5 Å². The van der Waals surface area contributed by atoms with Gasteiger partial charge in [0.05, 0.1) is 0 Å². The first-order valence-corrected chi connectivity index (χ1v) is 6.89. The number of piperazine rings is 1. The van der Waals surface area contributed by atoms with Crippen LogP contribution >= 0.6 is 0 Å². The van der Waals surface area contributed by atoms with E-state index in [4.69, 9.17) is 5.73 Å². The molecule has 19 heavy (non-hydrogen) atoms. The summed E-state index contributed by atoms with van der Waals surface area (Å²) in [7, 11) is 0. The van der Waals surface area contributed by atoms with Crippen LogP contribution in [0, 0.1) is 13.8 Å². The molecule has 1 amide bonds. The Balaban J connectivity index is 1.92. The van der Waals surface area contributed by atoms with Crippen molar-refractivity contribution in [3.8, 4) is 0 Å². The van der Waals surface area contributed by atoms with Gasteiger partial charge in [-0.3, -0.25) is 9.69 Å². The van der Waals surface area contributed by atoms with E-state index in [1.54, 1.807) is 0 Å². The van der Waals surface area contributed by atoms with Crippen LogP contribution in [0.4, 0.5) is 5.69 Å². The molecule has 2 rings (SSSR count). The highest BCUT2D eigenvalue weighted by Gasteiger charge is 2.18. The molecular formula is C15H23N3O. The minimum Gasteiger partial charge on any atom is -0.370 e. The van der Waals surface area contributed by atoms with Gasteiger partial charge in [-0.1, -0.05) is 12.1 Å². The van der Waals surface area contributed by atoms with Crippen molar-refractivity contribution in [2.24, 2.45) is 5.73 Å². The third-order valence-electron chi connectivity index (χ3n) is 3.75. The van der Waals surface area contributed by atoms with Crippen LogP contribution in [0.5, 0.6) is 0 Å². The van der Waals surface area contributed by atoms with Gasteiger partial charge in [0.25, 0.3) is 0 Å². The Morgan fingerprint density at radius 3 is 2.53 bits per heavy atom. The number of hydrogen-bond acceptors (Lipinski definition) is 3. The number of benzene rings is 1. The van der Waals surface area contributed by atoms with Crippen LogP contribution < -0.4 is 10.6 Å². The number of aryl methyl sites for hydroxylation is 2. The van der Waals surface area contributed by atoms with E-state index < -0.39 is 0 Å². The van der Waals surface area contributed by atoms with Crippen LogP contribution in [-0.2, 0) is 4.79 Å². The lowest BCUT2D eigenvalue weighted by Crippen LogP contribution is -2.47. The SMILES string of the molecule is Cc1ccc(C)c(N2CCN(CCC(N)=O)CC2)c1. The maximum Gasteiger partial charge on any atom is 0.218 e. The van der Waals surface area contributed by atoms with E-state index in [2.05, 4.69) is 41.8 Å². The van der Waals surface area contributed by atoms with Crippen molar-refractivity contribution in [3.05, 3.63) is 29.3 Å². The van der Waals surface area contributed by atoms with E-state index in [-0.39, 0.29) is 5.91 Å².